The molecule has 0 saturated heterocycles. The molecule has 0 amide bonds. The van der Waals surface area contributed by atoms with E-state index >= 15 is 0 Å². The molecule has 1 aromatic carbocycles. The Bertz CT molecular complexity index is 716. The van der Waals surface area contributed by atoms with Crippen LogP contribution in [0.1, 0.15) is 5.56 Å². The molecular formula is C14H11N3O. The lowest BCUT2D eigenvalue weighted by Gasteiger charge is -1.97. The number of aryl methyl sites for hydroxylation is 1. The monoisotopic (exact) mass is 237 g/mol. The largest absolute Gasteiger partial charge is 0.281 e. The molecule has 3 rings (SSSR count). The smallest absolute Gasteiger partial charge is 0.209 e. The van der Waals surface area contributed by atoms with Gasteiger partial charge in [0, 0.05) is 11.8 Å². The van der Waals surface area contributed by atoms with Crippen LogP contribution in [0.5, 0.6) is 0 Å². The molecule has 0 aliphatic rings. The van der Waals surface area contributed by atoms with E-state index in [1.165, 1.54) is 0 Å². The van der Waals surface area contributed by atoms with Crippen LogP contribution in [0.2, 0.25) is 0 Å². The van der Waals surface area contributed by atoms with Gasteiger partial charge in [0.15, 0.2) is 0 Å². The lowest BCUT2D eigenvalue weighted by Crippen LogP contribution is -1.85. The van der Waals surface area contributed by atoms with Crippen LogP contribution in [0.25, 0.3) is 16.9 Å². The van der Waals surface area contributed by atoms with Crippen LogP contribution < -0.4 is 0 Å². The van der Waals surface area contributed by atoms with Crippen LogP contribution in [-0.4, -0.2) is 9.38 Å². The molecule has 2 aromatic heterocycles. The number of hydrogen-bond acceptors (Lipinski definition) is 3. The summed E-state index contributed by atoms with van der Waals surface area (Å²) in [6.45, 7) is 1.96. The van der Waals surface area contributed by atoms with Gasteiger partial charge < -0.3 is 0 Å². The molecule has 0 bridgehead atoms. The summed E-state index contributed by atoms with van der Waals surface area (Å²) in [5.41, 5.74) is 3.31. The van der Waals surface area contributed by atoms with Gasteiger partial charge in [-0.15, -0.1) is 4.91 Å². The second-order valence-corrected chi connectivity index (χ2v) is 4.13. The number of benzene rings is 1. The van der Waals surface area contributed by atoms with E-state index in [0.29, 0.717) is 11.5 Å². The summed E-state index contributed by atoms with van der Waals surface area (Å²) in [6, 6.07) is 13.5. The minimum atomic E-state index is 0.347. The predicted molar refractivity (Wildman–Crippen MR) is 70.8 cm³/mol. The Morgan fingerprint density at radius 2 is 1.89 bits per heavy atom. The molecule has 18 heavy (non-hydrogen) atoms. The van der Waals surface area contributed by atoms with Gasteiger partial charge in [0.2, 0.25) is 5.82 Å². The fraction of sp³-hybridized carbons (Fsp3) is 0.0714. The molecule has 0 spiro atoms. The van der Waals surface area contributed by atoms with Crippen molar-refractivity contribution in [2.75, 3.05) is 0 Å². The fourth-order valence-electron chi connectivity index (χ4n) is 2.07. The van der Waals surface area contributed by atoms with Gasteiger partial charge in [0.1, 0.15) is 11.3 Å². The molecular weight excluding hydrogens is 226 g/mol. The first kappa shape index (κ1) is 10.7. The molecule has 0 radical (unpaired) electrons. The zero-order valence-electron chi connectivity index (χ0n) is 9.87. The van der Waals surface area contributed by atoms with E-state index < -0.39 is 0 Å². The summed E-state index contributed by atoms with van der Waals surface area (Å²) < 4.78 is 1.73. The summed E-state index contributed by atoms with van der Waals surface area (Å²) in [6.07, 6.45) is 1.80. The summed E-state index contributed by atoms with van der Waals surface area (Å²) in [5, 5.41) is 3.13. The molecule has 3 aromatic rings. The maximum Gasteiger partial charge on any atom is 0.209 e. The van der Waals surface area contributed by atoms with E-state index in [1.54, 1.807) is 10.6 Å². The van der Waals surface area contributed by atoms with Crippen molar-refractivity contribution < 1.29 is 0 Å². The first-order chi connectivity index (χ1) is 8.81. The maximum atomic E-state index is 11.1. The predicted octanol–water partition coefficient (Wildman–Crippen LogP) is 3.71. The number of imidazole rings is 1. The van der Waals surface area contributed by atoms with Crippen LogP contribution in [0.15, 0.2) is 53.8 Å². The number of nitrogens with zero attached hydrogens (tertiary/aromatic N) is 3. The number of hydrogen-bond donors (Lipinski definition) is 0. The lowest BCUT2D eigenvalue weighted by atomic mass is 10.1. The number of nitroso groups, excluding NO2 is 1. The second-order valence-electron chi connectivity index (χ2n) is 4.13. The van der Waals surface area contributed by atoms with Gasteiger partial charge in [-0.25, -0.2) is 4.98 Å². The van der Waals surface area contributed by atoms with Crippen molar-refractivity contribution in [2.24, 2.45) is 5.18 Å². The zero-order valence-corrected chi connectivity index (χ0v) is 9.87. The van der Waals surface area contributed by atoms with Crippen LogP contribution in [0.3, 0.4) is 0 Å². The van der Waals surface area contributed by atoms with E-state index in [9.17, 15) is 4.91 Å². The summed E-state index contributed by atoms with van der Waals surface area (Å²) in [5.74, 6) is 0.347. The molecule has 4 heteroatoms. The average molecular weight is 237 g/mol. The number of pyridine rings is 1. The zero-order chi connectivity index (χ0) is 12.5. The van der Waals surface area contributed by atoms with Crippen LogP contribution in [0.4, 0.5) is 5.82 Å². The summed E-state index contributed by atoms with van der Waals surface area (Å²) in [4.78, 5) is 15.6. The third-order valence-corrected chi connectivity index (χ3v) is 2.95. The van der Waals surface area contributed by atoms with Crippen LogP contribution in [-0.2, 0) is 0 Å². The van der Waals surface area contributed by atoms with Gasteiger partial charge >= 0.3 is 0 Å². The van der Waals surface area contributed by atoms with Crippen molar-refractivity contribution in [1.82, 2.24) is 9.38 Å². The normalized spacial score (nSPS) is 10.7. The van der Waals surface area contributed by atoms with Gasteiger partial charge in [-0.05, 0) is 23.7 Å². The highest BCUT2D eigenvalue weighted by Crippen LogP contribution is 2.31. The standard InChI is InChI=1S/C14H11N3O/c1-10-6-5-9-17-13(10)15-12(14(17)16-18)11-7-3-2-4-8-11/h2-9H,1H3. The van der Waals surface area contributed by atoms with Crippen molar-refractivity contribution in [3.8, 4) is 11.3 Å². The molecule has 0 N–H and O–H groups in total. The summed E-state index contributed by atoms with van der Waals surface area (Å²) >= 11 is 0. The van der Waals surface area contributed by atoms with Gasteiger partial charge in [-0.3, -0.25) is 4.40 Å². The van der Waals surface area contributed by atoms with Crippen molar-refractivity contribution in [2.45, 2.75) is 6.92 Å². The molecule has 0 aliphatic carbocycles. The highest BCUT2D eigenvalue weighted by molar-refractivity contribution is 5.75. The van der Waals surface area contributed by atoms with E-state index in [4.69, 9.17) is 0 Å². The van der Waals surface area contributed by atoms with Gasteiger partial charge in [-0.2, -0.15) is 0 Å². The Hall–Kier alpha value is -2.49. The first-order valence-corrected chi connectivity index (χ1v) is 5.67. The molecule has 0 unspecified atom stereocenters. The number of rotatable bonds is 2. The Labute approximate surface area is 104 Å². The molecule has 88 valence electrons. The van der Waals surface area contributed by atoms with E-state index in [2.05, 4.69) is 10.2 Å². The molecule has 0 atom stereocenters. The molecule has 0 saturated carbocycles. The first-order valence-electron chi connectivity index (χ1n) is 5.67. The van der Waals surface area contributed by atoms with Crippen LogP contribution >= 0.6 is 0 Å². The van der Waals surface area contributed by atoms with E-state index in [0.717, 1.165) is 16.8 Å². The van der Waals surface area contributed by atoms with Gasteiger partial charge in [0.05, 0.1) is 0 Å². The molecule has 4 nitrogen and oxygen atoms in total. The molecule has 2 heterocycles. The third kappa shape index (κ3) is 1.50. The fourth-order valence-corrected chi connectivity index (χ4v) is 2.07. The Morgan fingerprint density at radius 1 is 1.11 bits per heavy atom. The highest BCUT2D eigenvalue weighted by Gasteiger charge is 2.15. The van der Waals surface area contributed by atoms with Crippen molar-refractivity contribution in [1.29, 1.82) is 0 Å². The van der Waals surface area contributed by atoms with E-state index in [-0.39, 0.29) is 0 Å². The maximum absolute atomic E-state index is 11.1. The Morgan fingerprint density at radius 3 is 2.61 bits per heavy atom. The van der Waals surface area contributed by atoms with Crippen molar-refractivity contribution >= 4 is 11.5 Å². The van der Waals surface area contributed by atoms with Crippen molar-refractivity contribution in [3.63, 3.8) is 0 Å². The third-order valence-electron chi connectivity index (χ3n) is 2.95. The Balaban J connectivity index is 2.37. The average Bonchev–Trinajstić information content (AvgIpc) is 2.80. The number of aromatic nitrogens is 2. The van der Waals surface area contributed by atoms with Crippen LogP contribution in [0, 0.1) is 11.8 Å². The molecule has 0 aliphatic heterocycles. The minimum Gasteiger partial charge on any atom is -0.281 e. The quantitative estimate of drug-likeness (QED) is 0.638. The topological polar surface area (TPSA) is 46.7 Å². The highest BCUT2D eigenvalue weighted by atomic mass is 16.3. The Kier molecular flexibility index (Phi) is 2.41. The number of fused-ring (bicyclic) bond motifs is 1. The SMILES string of the molecule is Cc1cccn2c(N=O)c(-c3ccccc3)nc12. The second kappa shape index (κ2) is 4.07. The van der Waals surface area contributed by atoms with Gasteiger partial charge in [0.25, 0.3) is 0 Å². The van der Waals surface area contributed by atoms with Gasteiger partial charge in [-0.1, -0.05) is 36.4 Å². The van der Waals surface area contributed by atoms with Crippen molar-refractivity contribution in [3.05, 3.63) is 59.1 Å². The summed E-state index contributed by atoms with van der Waals surface area (Å²) in [7, 11) is 0. The lowest BCUT2D eigenvalue weighted by molar-refractivity contribution is 1.14. The minimum absolute atomic E-state index is 0.347. The van der Waals surface area contributed by atoms with E-state index in [1.807, 2.05) is 49.4 Å². The molecule has 0 fully saturated rings.